The molecule has 2 aliphatic rings. The van der Waals surface area contributed by atoms with Crippen LogP contribution in [0.2, 0.25) is 0 Å². The first-order chi connectivity index (χ1) is 14.7. The zero-order valence-electron chi connectivity index (χ0n) is 19.5. The Bertz CT molecular complexity index is 585. The summed E-state index contributed by atoms with van der Waals surface area (Å²) in [5.41, 5.74) is 1.29. The molecule has 0 aliphatic heterocycles. The minimum atomic E-state index is -0.123. The highest BCUT2D eigenvalue weighted by Gasteiger charge is 2.22. The minimum absolute atomic E-state index is 0.123. The Morgan fingerprint density at radius 1 is 0.700 bits per heavy atom. The molecule has 1 aromatic rings. The molecule has 168 valence electrons. The summed E-state index contributed by atoms with van der Waals surface area (Å²) in [4.78, 5) is 0. The molecule has 0 unspecified atom stereocenters. The molecule has 2 aliphatic carbocycles. The van der Waals surface area contributed by atoms with Gasteiger partial charge in [0.1, 0.15) is 5.82 Å². The van der Waals surface area contributed by atoms with Gasteiger partial charge in [-0.1, -0.05) is 69.7 Å². The van der Waals surface area contributed by atoms with Crippen LogP contribution >= 0.6 is 0 Å². The summed E-state index contributed by atoms with van der Waals surface area (Å²) in [5.74, 6) is 3.45. The molecule has 0 amide bonds. The molecular weight excluding hydrogens is 367 g/mol. The predicted octanol–water partition coefficient (Wildman–Crippen LogP) is 9.29. The van der Waals surface area contributed by atoms with Gasteiger partial charge in [-0.15, -0.1) is 0 Å². The highest BCUT2D eigenvalue weighted by molar-refractivity contribution is 5.16. The lowest BCUT2D eigenvalue weighted by Gasteiger charge is -2.29. The van der Waals surface area contributed by atoms with Gasteiger partial charge in [0.05, 0.1) is 0 Å². The number of hydrogen-bond acceptors (Lipinski definition) is 0. The summed E-state index contributed by atoms with van der Waals surface area (Å²) in [5, 5.41) is 0. The Balaban J connectivity index is 1.26. The van der Waals surface area contributed by atoms with Crippen LogP contribution in [-0.2, 0) is 6.42 Å². The molecule has 0 bridgehead atoms. The molecular formula is C29H45F. The smallest absolute Gasteiger partial charge is 0.123 e. The summed E-state index contributed by atoms with van der Waals surface area (Å²) < 4.78 is 13.0. The summed E-state index contributed by atoms with van der Waals surface area (Å²) in [6.07, 6.45) is 27.5. The van der Waals surface area contributed by atoms with Gasteiger partial charge in [-0.05, 0) is 106 Å². The van der Waals surface area contributed by atoms with E-state index in [1.54, 1.807) is 12.1 Å². The Morgan fingerprint density at radius 3 is 1.80 bits per heavy atom. The second kappa shape index (κ2) is 13.3. The van der Waals surface area contributed by atoms with E-state index in [4.69, 9.17) is 0 Å². The predicted molar refractivity (Wildman–Crippen MR) is 128 cm³/mol. The van der Waals surface area contributed by atoms with Crippen molar-refractivity contribution in [1.29, 1.82) is 0 Å². The lowest BCUT2D eigenvalue weighted by molar-refractivity contribution is 0.282. The first-order valence-electron chi connectivity index (χ1n) is 13.2. The van der Waals surface area contributed by atoms with Gasteiger partial charge in [0.2, 0.25) is 0 Å². The molecule has 0 spiro atoms. The Hall–Kier alpha value is -1.11. The number of benzene rings is 1. The molecule has 0 aromatic heterocycles. The molecule has 2 fully saturated rings. The highest BCUT2D eigenvalue weighted by Crippen LogP contribution is 2.35. The van der Waals surface area contributed by atoms with Crippen LogP contribution in [0, 0.1) is 29.5 Å². The largest absolute Gasteiger partial charge is 0.207 e. The first-order valence-corrected chi connectivity index (χ1v) is 13.2. The van der Waals surface area contributed by atoms with Crippen molar-refractivity contribution in [2.75, 3.05) is 0 Å². The minimum Gasteiger partial charge on any atom is -0.207 e. The van der Waals surface area contributed by atoms with E-state index in [1.807, 2.05) is 12.1 Å². The van der Waals surface area contributed by atoms with E-state index in [1.165, 1.54) is 102 Å². The standard InChI is InChI=1S/C29H45F/c1-2-3-4-5-6-7-24-8-10-25(11-9-24)12-13-26-14-16-27(17-15-26)18-19-28-20-22-29(30)23-21-28/h12-13,20-27H,2-11,14-19H2,1H3/b13-12+/t24-,25-,26-,27-. The van der Waals surface area contributed by atoms with E-state index < -0.39 is 0 Å². The van der Waals surface area contributed by atoms with Gasteiger partial charge in [0.25, 0.3) is 0 Å². The van der Waals surface area contributed by atoms with Crippen molar-refractivity contribution in [3.63, 3.8) is 0 Å². The average molecular weight is 413 g/mol. The third kappa shape index (κ3) is 8.56. The number of allylic oxidation sites excluding steroid dienone is 2. The summed E-state index contributed by atoms with van der Waals surface area (Å²) in [6, 6.07) is 7.09. The summed E-state index contributed by atoms with van der Waals surface area (Å²) in [6.45, 7) is 2.30. The van der Waals surface area contributed by atoms with Gasteiger partial charge in [-0.25, -0.2) is 4.39 Å². The quantitative estimate of drug-likeness (QED) is 0.251. The first kappa shape index (κ1) is 23.6. The molecule has 30 heavy (non-hydrogen) atoms. The van der Waals surface area contributed by atoms with Crippen molar-refractivity contribution in [2.45, 2.75) is 110 Å². The molecule has 0 saturated heterocycles. The van der Waals surface area contributed by atoms with E-state index in [0.717, 1.165) is 30.1 Å². The van der Waals surface area contributed by atoms with Gasteiger partial charge in [0.15, 0.2) is 0 Å². The van der Waals surface area contributed by atoms with E-state index in [9.17, 15) is 4.39 Å². The van der Waals surface area contributed by atoms with Gasteiger partial charge in [-0.3, -0.25) is 0 Å². The van der Waals surface area contributed by atoms with Gasteiger partial charge < -0.3 is 0 Å². The Kier molecular flexibility index (Phi) is 10.5. The van der Waals surface area contributed by atoms with Crippen LogP contribution in [-0.4, -0.2) is 0 Å². The number of rotatable bonds is 11. The van der Waals surface area contributed by atoms with Crippen LogP contribution in [0.15, 0.2) is 36.4 Å². The highest BCUT2D eigenvalue weighted by atomic mass is 19.1. The maximum Gasteiger partial charge on any atom is 0.123 e. The third-order valence-corrected chi connectivity index (χ3v) is 7.91. The molecule has 0 N–H and O–H groups in total. The van der Waals surface area contributed by atoms with Crippen LogP contribution in [0.1, 0.15) is 109 Å². The van der Waals surface area contributed by atoms with Gasteiger partial charge in [-0.2, -0.15) is 0 Å². The third-order valence-electron chi connectivity index (χ3n) is 7.91. The van der Waals surface area contributed by atoms with Crippen molar-refractivity contribution >= 4 is 0 Å². The van der Waals surface area contributed by atoms with Crippen LogP contribution in [0.4, 0.5) is 4.39 Å². The fourth-order valence-electron chi connectivity index (χ4n) is 5.71. The molecule has 1 aromatic carbocycles. The molecule has 2 saturated carbocycles. The fourth-order valence-corrected chi connectivity index (χ4v) is 5.71. The van der Waals surface area contributed by atoms with Crippen LogP contribution in [0.5, 0.6) is 0 Å². The fraction of sp³-hybridized carbons (Fsp3) is 0.724. The van der Waals surface area contributed by atoms with Gasteiger partial charge in [0, 0.05) is 0 Å². The van der Waals surface area contributed by atoms with Crippen molar-refractivity contribution in [1.82, 2.24) is 0 Å². The van der Waals surface area contributed by atoms with Crippen molar-refractivity contribution in [3.05, 3.63) is 47.8 Å². The van der Waals surface area contributed by atoms with Gasteiger partial charge >= 0.3 is 0 Å². The van der Waals surface area contributed by atoms with Crippen LogP contribution in [0.3, 0.4) is 0 Å². The molecule has 0 radical (unpaired) electrons. The average Bonchev–Trinajstić information content (AvgIpc) is 2.79. The molecule has 0 heterocycles. The number of unbranched alkanes of at least 4 members (excludes halogenated alkanes) is 4. The number of aryl methyl sites for hydroxylation is 1. The molecule has 0 nitrogen and oxygen atoms in total. The molecule has 3 rings (SSSR count). The van der Waals surface area contributed by atoms with E-state index >= 15 is 0 Å². The monoisotopic (exact) mass is 412 g/mol. The van der Waals surface area contributed by atoms with Crippen LogP contribution < -0.4 is 0 Å². The topological polar surface area (TPSA) is 0 Å². The molecule has 1 heteroatoms. The van der Waals surface area contributed by atoms with Crippen molar-refractivity contribution < 1.29 is 4.39 Å². The second-order valence-electron chi connectivity index (χ2n) is 10.3. The van der Waals surface area contributed by atoms with Crippen LogP contribution in [0.25, 0.3) is 0 Å². The van der Waals surface area contributed by atoms with E-state index in [2.05, 4.69) is 19.1 Å². The zero-order chi connectivity index (χ0) is 21.0. The van der Waals surface area contributed by atoms with E-state index in [-0.39, 0.29) is 5.82 Å². The SMILES string of the molecule is CCCCCCC[C@H]1CC[C@H](/C=C/[C@H]2CC[C@H](CCc3ccc(F)cc3)CC2)CC1. The normalized spacial score (nSPS) is 27.5. The number of halogens is 1. The van der Waals surface area contributed by atoms with Crippen molar-refractivity contribution in [3.8, 4) is 0 Å². The van der Waals surface area contributed by atoms with E-state index in [0.29, 0.717) is 0 Å². The molecule has 0 atom stereocenters. The number of hydrogen-bond donors (Lipinski definition) is 0. The lowest BCUT2D eigenvalue weighted by atomic mass is 9.77. The second-order valence-corrected chi connectivity index (χ2v) is 10.3. The Morgan fingerprint density at radius 2 is 1.23 bits per heavy atom. The van der Waals surface area contributed by atoms with Crippen molar-refractivity contribution in [2.24, 2.45) is 23.7 Å². The maximum atomic E-state index is 13.0. The maximum absolute atomic E-state index is 13.0. The lowest BCUT2D eigenvalue weighted by Crippen LogP contribution is -2.15. The Labute approximate surface area is 185 Å². The summed E-state index contributed by atoms with van der Waals surface area (Å²) in [7, 11) is 0. The summed E-state index contributed by atoms with van der Waals surface area (Å²) >= 11 is 0. The zero-order valence-corrected chi connectivity index (χ0v) is 19.5.